The van der Waals surface area contributed by atoms with Gasteiger partial charge in [0.25, 0.3) is 10.0 Å². The quantitative estimate of drug-likeness (QED) is 0.795. The molecular formula is C13H23N3O2S. The van der Waals surface area contributed by atoms with Crippen molar-refractivity contribution >= 4 is 15.7 Å². The van der Waals surface area contributed by atoms with Gasteiger partial charge in [-0.15, -0.1) is 0 Å². The second kappa shape index (κ2) is 7.45. The largest absolute Gasteiger partial charge is 0.396 e. The van der Waals surface area contributed by atoms with Crippen molar-refractivity contribution in [3.05, 3.63) is 18.3 Å². The van der Waals surface area contributed by atoms with Crippen LogP contribution in [0.5, 0.6) is 0 Å². The fourth-order valence-corrected chi connectivity index (χ4v) is 3.31. The van der Waals surface area contributed by atoms with Crippen LogP contribution in [0.15, 0.2) is 23.4 Å². The van der Waals surface area contributed by atoms with Crippen LogP contribution in [0.1, 0.15) is 39.5 Å². The third-order valence-corrected chi connectivity index (χ3v) is 4.78. The van der Waals surface area contributed by atoms with Crippen molar-refractivity contribution in [2.45, 2.75) is 44.6 Å². The van der Waals surface area contributed by atoms with Gasteiger partial charge in [0, 0.05) is 19.3 Å². The molecule has 1 aromatic rings. The van der Waals surface area contributed by atoms with Crippen molar-refractivity contribution in [3.63, 3.8) is 0 Å². The molecule has 0 aliphatic rings. The number of nitrogens with two attached hydrogens (primary N) is 1. The van der Waals surface area contributed by atoms with Crippen LogP contribution in [0, 0.1) is 0 Å². The highest BCUT2D eigenvalue weighted by molar-refractivity contribution is 7.89. The summed E-state index contributed by atoms with van der Waals surface area (Å²) in [5.41, 5.74) is 5.94. The predicted molar refractivity (Wildman–Crippen MR) is 77.2 cm³/mol. The van der Waals surface area contributed by atoms with Gasteiger partial charge in [0.2, 0.25) is 0 Å². The molecule has 0 radical (unpaired) electrons. The second-order valence-electron chi connectivity index (χ2n) is 4.51. The number of pyridine rings is 1. The lowest BCUT2D eigenvalue weighted by Crippen LogP contribution is -2.34. The molecule has 0 fully saturated rings. The minimum atomic E-state index is -3.58. The van der Waals surface area contributed by atoms with E-state index < -0.39 is 10.0 Å². The lowest BCUT2D eigenvalue weighted by atomic mass is 10.3. The third kappa shape index (κ3) is 4.18. The van der Waals surface area contributed by atoms with Gasteiger partial charge in [0.05, 0.1) is 5.69 Å². The molecule has 19 heavy (non-hydrogen) atoms. The summed E-state index contributed by atoms with van der Waals surface area (Å²) in [7, 11) is -3.58. The van der Waals surface area contributed by atoms with E-state index in [4.69, 9.17) is 5.73 Å². The average Bonchev–Trinajstić information content (AvgIpc) is 2.39. The first-order valence-corrected chi connectivity index (χ1v) is 8.18. The Morgan fingerprint density at radius 1 is 1.21 bits per heavy atom. The topological polar surface area (TPSA) is 76.3 Å². The number of rotatable bonds is 8. The molecule has 1 rings (SSSR count). The molecule has 0 amide bonds. The first-order valence-electron chi connectivity index (χ1n) is 6.74. The van der Waals surface area contributed by atoms with Gasteiger partial charge in [-0.2, -0.15) is 4.31 Å². The zero-order chi connectivity index (χ0) is 14.3. The van der Waals surface area contributed by atoms with Gasteiger partial charge < -0.3 is 5.73 Å². The molecule has 0 aliphatic heterocycles. The Hall–Kier alpha value is -1.14. The van der Waals surface area contributed by atoms with Crippen molar-refractivity contribution in [3.8, 4) is 0 Å². The van der Waals surface area contributed by atoms with Crippen molar-refractivity contribution in [1.29, 1.82) is 0 Å². The van der Waals surface area contributed by atoms with Gasteiger partial charge in [-0.3, -0.25) is 0 Å². The molecule has 0 unspecified atom stereocenters. The molecule has 0 saturated carbocycles. The maximum absolute atomic E-state index is 12.5. The van der Waals surface area contributed by atoms with Gasteiger partial charge in [0.15, 0.2) is 5.03 Å². The van der Waals surface area contributed by atoms with Gasteiger partial charge in [-0.1, -0.05) is 26.7 Å². The number of unbranched alkanes of at least 4 members (excludes halogenated alkanes) is 2. The molecule has 1 aromatic heterocycles. The van der Waals surface area contributed by atoms with Crippen LogP contribution < -0.4 is 5.73 Å². The van der Waals surface area contributed by atoms with Gasteiger partial charge in [0.1, 0.15) is 0 Å². The highest BCUT2D eigenvalue weighted by atomic mass is 32.2. The summed E-state index contributed by atoms with van der Waals surface area (Å²) in [6, 6.07) is 3.20. The fourth-order valence-electron chi connectivity index (χ4n) is 1.76. The Balaban J connectivity index is 3.01. The van der Waals surface area contributed by atoms with E-state index in [2.05, 4.69) is 4.98 Å². The van der Waals surface area contributed by atoms with Crippen LogP contribution in [0.2, 0.25) is 0 Å². The number of aromatic nitrogens is 1. The number of hydrogen-bond donors (Lipinski definition) is 1. The minimum Gasteiger partial charge on any atom is -0.396 e. The zero-order valence-electron chi connectivity index (χ0n) is 11.7. The molecule has 1 heterocycles. The van der Waals surface area contributed by atoms with Crippen molar-refractivity contribution in [1.82, 2.24) is 9.29 Å². The van der Waals surface area contributed by atoms with Crippen molar-refractivity contribution in [2.24, 2.45) is 0 Å². The standard InChI is InChI=1S/C13H23N3O2S/c1-3-5-10-16(11-6-4-2)19(17,18)13-12(14)8-7-9-15-13/h7-9H,3-6,10-11,14H2,1-2H3. The van der Waals surface area contributed by atoms with Crippen LogP contribution in [-0.2, 0) is 10.0 Å². The molecule has 0 spiro atoms. The Labute approximate surface area is 115 Å². The SMILES string of the molecule is CCCCN(CCCC)S(=O)(=O)c1ncccc1N. The molecule has 0 atom stereocenters. The van der Waals surface area contributed by atoms with E-state index in [1.54, 1.807) is 12.1 Å². The number of sulfonamides is 1. The van der Waals surface area contributed by atoms with Crippen molar-refractivity contribution in [2.75, 3.05) is 18.8 Å². The summed E-state index contributed by atoms with van der Waals surface area (Å²) in [5, 5.41) is -0.0257. The monoisotopic (exact) mass is 285 g/mol. The highest BCUT2D eigenvalue weighted by Gasteiger charge is 2.26. The second-order valence-corrected chi connectivity index (χ2v) is 6.36. The van der Waals surface area contributed by atoms with Gasteiger partial charge >= 0.3 is 0 Å². The van der Waals surface area contributed by atoms with E-state index in [1.807, 2.05) is 13.8 Å². The summed E-state index contributed by atoms with van der Waals surface area (Å²) in [6.07, 6.45) is 5.05. The summed E-state index contributed by atoms with van der Waals surface area (Å²) >= 11 is 0. The summed E-state index contributed by atoms with van der Waals surface area (Å²) in [5.74, 6) is 0. The normalized spacial score (nSPS) is 11.9. The molecule has 0 saturated heterocycles. The Morgan fingerprint density at radius 3 is 2.26 bits per heavy atom. The van der Waals surface area contributed by atoms with Gasteiger partial charge in [-0.25, -0.2) is 13.4 Å². The number of nitrogen functional groups attached to an aromatic ring is 1. The van der Waals surface area contributed by atoms with E-state index in [0.717, 1.165) is 25.7 Å². The third-order valence-electron chi connectivity index (χ3n) is 2.91. The molecule has 0 aliphatic carbocycles. The number of hydrogen-bond acceptors (Lipinski definition) is 4. The lowest BCUT2D eigenvalue weighted by Gasteiger charge is -2.21. The average molecular weight is 285 g/mol. The Bertz CT molecular complexity index is 480. The van der Waals surface area contributed by atoms with Crippen LogP contribution >= 0.6 is 0 Å². The maximum atomic E-state index is 12.5. The number of anilines is 1. The van der Waals surface area contributed by atoms with E-state index in [0.29, 0.717) is 13.1 Å². The van der Waals surface area contributed by atoms with Crippen molar-refractivity contribution < 1.29 is 8.42 Å². The summed E-state index contributed by atoms with van der Waals surface area (Å²) < 4.78 is 26.6. The van der Waals surface area contributed by atoms with Crippen LogP contribution in [0.3, 0.4) is 0 Å². The molecule has 0 bridgehead atoms. The Kier molecular flexibility index (Phi) is 6.24. The summed E-state index contributed by atoms with van der Waals surface area (Å²) in [4.78, 5) is 3.93. The van der Waals surface area contributed by atoms with E-state index >= 15 is 0 Å². The molecule has 108 valence electrons. The molecule has 5 nitrogen and oxygen atoms in total. The maximum Gasteiger partial charge on any atom is 0.262 e. The molecular weight excluding hydrogens is 262 g/mol. The molecule has 0 aromatic carbocycles. The lowest BCUT2D eigenvalue weighted by molar-refractivity contribution is 0.394. The van der Waals surface area contributed by atoms with E-state index in [9.17, 15) is 8.42 Å². The molecule has 6 heteroatoms. The summed E-state index contributed by atoms with van der Waals surface area (Å²) in [6.45, 7) is 5.13. The smallest absolute Gasteiger partial charge is 0.262 e. The highest BCUT2D eigenvalue weighted by Crippen LogP contribution is 2.20. The first-order chi connectivity index (χ1) is 9.04. The van der Waals surface area contributed by atoms with Crippen LogP contribution in [0.4, 0.5) is 5.69 Å². The van der Waals surface area contributed by atoms with Gasteiger partial charge in [-0.05, 0) is 25.0 Å². The van der Waals surface area contributed by atoms with Crippen LogP contribution in [-0.4, -0.2) is 30.8 Å². The zero-order valence-corrected chi connectivity index (χ0v) is 12.5. The Morgan fingerprint density at radius 2 is 1.79 bits per heavy atom. The van der Waals surface area contributed by atoms with E-state index in [-0.39, 0.29) is 10.7 Å². The minimum absolute atomic E-state index is 0.0257. The predicted octanol–water partition coefficient (Wildman–Crippen LogP) is 2.25. The fraction of sp³-hybridized carbons (Fsp3) is 0.615. The molecule has 2 N–H and O–H groups in total. The number of nitrogens with zero attached hydrogens (tertiary/aromatic N) is 2. The van der Waals surface area contributed by atoms with Crippen LogP contribution in [0.25, 0.3) is 0 Å². The first kappa shape index (κ1) is 15.9. The van der Waals surface area contributed by atoms with E-state index in [1.165, 1.54) is 10.5 Å².